The Hall–Kier alpha value is -0.750. The minimum Gasteiger partial charge on any atom is -0.480 e. The van der Waals surface area contributed by atoms with Crippen LogP contribution in [0.25, 0.3) is 0 Å². The van der Waals surface area contributed by atoms with Crippen LogP contribution in [0.5, 0.6) is 0 Å². The lowest BCUT2D eigenvalue weighted by Crippen LogP contribution is -2.44. The van der Waals surface area contributed by atoms with Gasteiger partial charge in [-0.2, -0.15) is 0 Å². The average molecular weight is 196 g/mol. The molecule has 0 rings (SSSR count). The van der Waals surface area contributed by atoms with Crippen LogP contribution < -0.4 is 5.32 Å². The predicted molar refractivity (Wildman–Crippen MR) is 44.0 cm³/mol. The first-order chi connectivity index (χ1) is 5.97. The molecule has 0 saturated heterocycles. The summed E-state index contributed by atoms with van der Waals surface area (Å²) in [6.07, 6.45) is -2.43. The molecule has 0 radical (unpaired) electrons. The van der Waals surface area contributed by atoms with Crippen LogP contribution >= 0.6 is 0 Å². The van der Waals surface area contributed by atoms with Crippen molar-refractivity contribution in [1.82, 2.24) is 10.2 Å². The molecule has 0 saturated carbocycles. The van der Waals surface area contributed by atoms with Gasteiger partial charge in [-0.05, 0) is 14.1 Å². The molecule has 0 spiro atoms. The Kier molecular flexibility index (Phi) is 5.48. The molecule has 0 aliphatic carbocycles. The van der Waals surface area contributed by atoms with Crippen molar-refractivity contribution in [2.75, 3.05) is 27.2 Å². The topological polar surface area (TPSA) is 52.6 Å². The number of rotatable bonds is 6. The number of carboxylic acids is 1. The number of nitrogens with one attached hydrogen (secondary N) is 1. The number of likely N-dealkylation sites (N-methyl/N-ethyl adjacent to an activating group) is 2. The maximum Gasteiger partial charge on any atom is 0.322 e. The normalized spacial score (nSPS) is 13.7. The van der Waals surface area contributed by atoms with E-state index in [9.17, 15) is 13.6 Å². The van der Waals surface area contributed by atoms with E-state index < -0.39 is 25.0 Å². The smallest absolute Gasteiger partial charge is 0.322 e. The van der Waals surface area contributed by atoms with E-state index in [1.165, 1.54) is 19.0 Å². The third kappa shape index (κ3) is 5.48. The van der Waals surface area contributed by atoms with Gasteiger partial charge >= 0.3 is 5.97 Å². The summed E-state index contributed by atoms with van der Waals surface area (Å²) in [4.78, 5) is 11.8. The van der Waals surface area contributed by atoms with Crippen molar-refractivity contribution < 1.29 is 18.7 Å². The summed E-state index contributed by atoms with van der Waals surface area (Å²) < 4.78 is 23.7. The average Bonchev–Trinajstić information content (AvgIpc) is 1.98. The molecule has 0 bridgehead atoms. The summed E-state index contributed by atoms with van der Waals surface area (Å²) in [5.41, 5.74) is 0. The summed E-state index contributed by atoms with van der Waals surface area (Å²) >= 11 is 0. The third-order valence-electron chi connectivity index (χ3n) is 1.59. The number of hydrogen-bond acceptors (Lipinski definition) is 3. The summed E-state index contributed by atoms with van der Waals surface area (Å²) in [6.45, 7) is -0.346. The number of nitrogens with zero attached hydrogens (tertiary/aromatic N) is 1. The maximum atomic E-state index is 11.8. The van der Waals surface area contributed by atoms with E-state index in [2.05, 4.69) is 5.32 Å². The molecular formula is C7H14F2N2O2. The fourth-order valence-corrected chi connectivity index (χ4v) is 0.915. The van der Waals surface area contributed by atoms with Gasteiger partial charge in [0.05, 0.1) is 6.54 Å². The summed E-state index contributed by atoms with van der Waals surface area (Å²) in [5, 5.41) is 11.1. The van der Waals surface area contributed by atoms with Gasteiger partial charge in [-0.15, -0.1) is 0 Å². The summed E-state index contributed by atoms with van der Waals surface area (Å²) in [7, 11) is 2.94. The highest BCUT2D eigenvalue weighted by Gasteiger charge is 2.18. The third-order valence-corrected chi connectivity index (χ3v) is 1.59. The number of hydrogen-bond donors (Lipinski definition) is 2. The molecule has 0 aromatic rings. The van der Waals surface area contributed by atoms with Crippen LogP contribution in [0.1, 0.15) is 0 Å². The Morgan fingerprint density at radius 2 is 2.08 bits per heavy atom. The number of aliphatic carboxylic acids is 1. The second-order valence-electron chi connectivity index (χ2n) is 2.79. The second kappa shape index (κ2) is 5.82. The summed E-state index contributed by atoms with van der Waals surface area (Å²) in [6, 6.07) is -0.802. The Balaban J connectivity index is 3.86. The van der Waals surface area contributed by atoms with Crippen molar-refractivity contribution in [3.8, 4) is 0 Å². The van der Waals surface area contributed by atoms with Gasteiger partial charge in [-0.1, -0.05) is 0 Å². The molecule has 13 heavy (non-hydrogen) atoms. The van der Waals surface area contributed by atoms with E-state index >= 15 is 0 Å². The van der Waals surface area contributed by atoms with Crippen LogP contribution in [0.3, 0.4) is 0 Å². The van der Waals surface area contributed by atoms with Gasteiger partial charge in [0.25, 0.3) is 6.43 Å². The van der Waals surface area contributed by atoms with Crippen LogP contribution in [0, 0.1) is 0 Å². The van der Waals surface area contributed by atoms with Crippen LogP contribution in [-0.4, -0.2) is 55.6 Å². The predicted octanol–water partition coefficient (Wildman–Crippen LogP) is -0.144. The van der Waals surface area contributed by atoms with E-state index in [1.807, 2.05) is 0 Å². The maximum absolute atomic E-state index is 11.8. The van der Waals surface area contributed by atoms with Crippen molar-refractivity contribution in [2.24, 2.45) is 0 Å². The molecule has 0 aliphatic rings. The SMILES string of the molecule is CNC(CN(C)CC(F)F)C(=O)O. The molecule has 4 nitrogen and oxygen atoms in total. The van der Waals surface area contributed by atoms with Gasteiger partial charge in [0.15, 0.2) is 0 Å². The fraction of sp³-hybridized carbons (Fsp3) is 0.857. The van der Waals surface area contributed by atoms with Crippen LogP contribution in [-0.2, 0) is 4.79 Å². The van der Waals surface area contributed by atoms with Crippen LogP contribution in [0.2, 0.25) is 0 Å². The lowest BCUT2D eigenvalue weighted by molar-refractivity contribution is -0.139. The van der Waals surface area contributed by atoms with Gasteiger partial charge in [-0.25, -0.2) is 8.78 Å². The number of carboxylic acid groups (broad SMARTS) is 1. The highest BCUT2D eigenvalue weighted by molar-refractivity contribution is 5.73. The molecule has 0 aromatic heterocycles. The zero-order chi connectivity index (χ0) is 10.4. The molecule has 0 aliphatic heterocycles. The first kappa shape index (κ1) is 12.2. The zero-order valence-electron chi connectivity index (χ0n) is 7.63. The second-order valence-corrected chi connectivity index (χ2v) is 2.79. The van der Waals surface area contributed by atoms with E-state index in [4.69, 9.17) is 5.11 Å². The number of halogens is 2. The minimum absolute atomic E-state index is 0.0656. The van der Waals surface area contributed by atoms with Gasteiger partial charge in [0, 0.05) is 6.54 Å². The van der Waals surface area contributed by atoms with E-state index in [1.54, 1.807) is 0 Å². The minimum atomic E-state index is -2.43. The van der Waals surface area contributed by atoms with E-state index in [0.29, 0.717) is 0 Å². The molecular weight excluding hydrogens is 182 g/mol. The van der Waals surface area contributed by atoms with Crippen molar-refractivity contribution >= 4 is 5.97 Å². The lowest BCUT2D eigenvalue weighted by Gasteiger charge is -2.20. The highest BCUT2D eigenvalue weighted by atomic mass is 19.3. The van der Waals surface area contributed by atoms with Crippen molar-refractivity contribution in [3.05, 3.63) is 0 Å². The van der Waals surface area contributed by atoms with Crippen molar-refractivity contribution in [2.45, 2.75) is 12.5 Å². The van der Waals surface area contributed by atoms with Gasteiger partial charge < -0.3 is 10.4 Å². The highest BCUT2D eigenvalue weighted by Crippen LogP contribution is 1.97. The fourth-order valence-electron chi connectivity index (χ4n) is 0.915. The quantitative estimate of drug-likeness (QED) is 0.620. The Labute approximate surface area is 75.5 Å². The Bertz CT molecular complexity index is 167. The van der Waals surface area contributed by atoms with Crippen molar-refractivity contribution in [1.29, 1.82) is 0 Å². The molecule has 1 unspecified atom stereocenters. The number of alkyl halides is 2. The van der Waals surface area contributed by atoms with E-state index in [-0.39, 0.29) is 6.54 Å². The molecule has 2 N–H and O–H groups in total. The van der Waals surface area contributed by atoms with Gasteiger partial charge in [0.1, 0.15) is 6.04 Å². The van der Waals surface area contributed by atoms with Crippen LogP contribution in [0.15, 0.2) is 0 Å². The monoisotopic (exact) mass is 196 g/mol. The number of carbonyl (C=O) groups is 1. The van der Waals surface area contributed by atoms with Gasteiger partial charge in [0.2, 0.25) is 0 Å². The standard InChI is InChI=1S/C7H14F2N2O2/c1-10-5(7(12)13)3-11(2)4-6(8)9/h5-6,10H,3-4H2,1-2H3,(H,12,13). The Morgan fingerprint density at radius 1 is 1.54 bits per heavy atom. The van der Waals surface area contributed by atoms with Crippen LogP contribution in [0.4, 0.5) is 8.78 Å². The molecule has 0 aromatic carbocycles. The van der Waals surface area contributed by atoms with E-state index in [0.717, 1.165) is 0 Å². The first-order valence-electron chi connectivity index (χ1n) is 3.84. The molecule has 0 heterocycles. The molecule has 0 amide bonds. The van der Waals surface area contributed by atoms with Gasteiger partial charge in [-0.3, -0.25) is 9.69 Å². The first-order valence-corrected chi connectivity index (χ1v) is 3.84. The molecule has 1 atom stereocenters. The largest absolute Gasteiger partial charge is 0.480 e. The molecule has 0 fully saturated rings. The Morgan fingerprint density at radius 3 is 2.38 bits per heavy atom. The molecule has 6 heteroatoms. The lowest BCUT2D eigenvalue weighted by atomic mass is 10.3. The summed E-state index contributed by atoms with van der Waals surface area (Å²) in [5.74, 6) is -1.04. The molecule has 78 valence electrons. The zero-order valence-corrected chi connectivity index (χ0v) is 7.63. The van der Waals surface area contributed by atoms with Crippen molar-refractivity contribution in [3.63, 3.8) is 0 Å².